The summed E-state index contributed by atoms with van der Waals surface area (Å²) < 4.78 is 27.2. The molecule has 1 aromatic heterocycles. The van der Waals surface area contributed by atoms with Gasteiger partial charge in [0.05, 0.1) is 0 Å². The molecule has 0 bridgehead atoms. The van der Waals surface area contributed by atoms with Crippen LogP contribution in [0.2, 0.25) is 0 Å². The number of hydrogen-bond acceptors (Lipinski definition) is 4. The van der Waals surface area contributed by atoms with Crippen LogP contribution in [0.3, 0.4) is 0 Å². The van der Waals surface area contributed by atoms with E-state index in [0.717, 1.165) is 24.2 Å². The fraction of sp³-hybridized carbons (Fsp3) is 0.583. The van der Waals surface area contributed by atoms with Crippen molar-refractivity contribution in [3.05, 3.63) is 15.8 Å². The Kier molecular flexibility index (Phi) is 5.51. The average Bonchev–Trinajstić information content (AvgIpc) is 2.71. The molecule has 7 heteroatoms. The number of hydrogen-bond donors (Lipinski definition) is 2. The number of sulfonamides is 1. The summed E-state index contributed by atoms with van der Waals surface area (Å²) in [6, 6.07) is -0.157. The van der Waals surface area contributed by atoms with E-state index >= 15 is 0 Å². The van der Waals surface area contributed by atoms with Gasteiger partial charge in [0, 0.05) is 6.04 Å². The van der Waals surface area contributed by atoms with E-state index in [1.807, 2.05) is 13.8 Å². The normalized spacial score (nSPS) is 13.4. The van der Waals surface area contributed by atoms with Gasteiger partial charge in [-0.15, -0.1) is 11.3 Å². The third kappa shape index (κ3) is 3.77. The van der Waals surface area contributed by atoms with Crippen LogP contribution < -0.4 is 4.72 Å². The SMILES string of the molecule is CCCC(CC)NS(=O)(=O)c1c(C)csc1C(=O)O. The molecule has 0 spiro atoms. The minimum absolute atomic E-state index is 0.0976. The predicted molar refractivity (Wildman–Crippen MR) is 75.3 cm³/mol. The molecule has 0 aliphatic heterocycles. The van der Waals surface area contributed by atoms with Crippen LogP contribution in [-0.2, 0) is 10.0 Å². The predicted octanol–water partition coefficient (Wildman–Crippen LogP) is 2.61. The Morgan fingerprint density at radius 1 is 1.47 bits per heavy atom. The van der Waals surface area contributed by atoms with E-state index in [4.69, 9.17) is 5.11 Å². The van der Waals surface area contributed by atoms with Gasteiger partial charge in [-0.1, -0.05) is 20.3 Å². The Hall–Kier alpha value is -0.920. The average molecular weight is 305 g/mol. The van der Waals surface area contributed by atoms with E-state index < -0.39 is 16.0 Å². The van der Waals surface area contributed by atoms with Crippen molar-refractivity contribution in [3.63, 3.8) is 0 Å². The maximum Gasteiger partial charge on any atom is 0.347 e. The molecular formula is C12H19NO4S2. The number of rotatable bonds is 7. The van der Waals surface area contributed by atoms with E-state index in [1.165, 1.54) is 0 Å². The first-order valence-electron chi connectivity index (χ1n) is 6.17. The van der Waals surface area contributed by atoms with Crippen LogP contribution in [-0.4, -0.2) is 25.5 Å². The van der Waals surface area contributed by atoms with E-state index in [9.17, 15) is 13.2 Å². The van der Waals surface area contributed by atoms with Gasteiger partial charge < -0.3 is 5.11 Å². The summed E-state index contributed by atoms with van der Waals surface area (Å²) in [5, 5.41) is 10.6. The number of carboxylic acid groups (broad SMARTS) is 1. The molecule has 1 aromatic rings. The van der Waals surface area contributed by atoms with Crippen molar-refractivity contribution >= 4 is 27.3 Å². The molecule has 0 aliphatic rings. The van der Waals surface area contributed by atoms with Crippen molar-refractivity contribution in [1.82, 2.24) is 4.72 Å². The second kappa shape index (κ2) is 6.49. The molecule has 1 atom stereocenters. The largest absolute Gasteiger partial charge is 0.477 e. The van der Waals surface area contributed by atoms with Crippen LogP contribution in [0.25, 0.3) is 0 Å². The molecule has 1 unspecified atom stereocenters. The standard InChI is InChI=1S/C12H19NO4S2/c1-4-6-9(5-2)13-19(16,17)11-8(3)7-18-10(11)12(14)15/h7,9,13H,4-6H2,1-3H3,(H,14,15). The van der Waals surface area contributed by atoms with Gasteiger partial charge in [-0.3, -0.25) is 0 Å². The number of thiophene rings is 1. The van der Waals surface area contributed by atoms with Gasteiger partial charge in [-0.25, -0.2) is 17.9 Å². The van der Waals surface area contributed by atoms with Crippen molar-refractivity contribution in [3.8, 4) is 0 Å². The summed E-state index contributed by atoms with van der Waals surface area (Å²) in [7, 11) is -3.78. The fourth-order valence-corrected chi connectivity index (χ4v) is 4.87. The summed E-state index contributed by atoms with van der Waals surface area (Å²) in [6.07, 6.45) is 2.29. The molecular weight excluding hydrogens is 286 g/mol. The van der Waals surface area contributed by atoms with Gasteiger partial charge in [0.15, 0.2) is 0 Å². The van der Waals surface area contributed by atoms with Crippen LogP contribution in [0.5, 0.6) is 0 Å². The minimum atomic E-state index is -3.78. The van der Waals surface area contributed by atoms with Crippen molar-refractivity contribution < 1.29 is 18.3 Å². The molecule has 0 saturated carbocycles. The zero-order valence-corrected chi connectivity index (χ0v) is 12.9. The Labute approximate surface area is 117 Å². The third-order valence-corrected chi connectivity index (χ3v) is 5.75. The molecule has 0 aromatic carbocycles. The smallest absolute Gasteiger partial charge is 0.347 e. The van der Waals surface area contributed by atoms with Gasteiger partial charge in [0.25, 0.3) is 0 Å². The maximum atomic E-state index is 12.3. The highest BCUT2D eigenvalue weighted by molar-refractivity contribution is 7.89. The lowest BCUT2D eigenvalue weighted by Crippen LogP contribution is -2.35. The summed E-state index contributed by atoms with van der Waals surface area (Å²) in [5.41, 5.74) is 0.473. The molecule has 5 nitrogen and oxygen atoms in total. The second-order valence-corrected chi connectivity index (χ2v) is 6.93. The lowest BCUT2D eigenvalue weighted by atomic mass is 10.1. The molecule has 2 N–H and O–H groups in total. The minimum Gasteiger partial charge on any atom is -0.477 e. The number of nitrogens with one attached hydrogen (secondary N) is 1. The first-order valence-corrected chi connectivity index (χ1v) is 8.53. The van der Waals surface area contributed by atoms with E-state index in [1.54, 1.807) is 12.3 Å². The summed E-state index contributed by atoms with van der Waals surface area (Å²) in [6.45, 7) is 5.50. The highest BCUT2D eigenvalue weighted by Crippen LogP contribution is 2.27. The van der Waals surface area contributed by atoms with Gasteiger partial charge in [0.2, 0.25) is 10.0 Å². The topological polar surface area (TPSA) is 83.5 Å². The zero-order chi connectivity index (χ0) is 14.6. The van der Waals surface area contributed by atoms with Crippen molar-refractivity contribution in [1.29, 1.82) is 0 Å². The van der Waals surface area contributed by atoms with Gasteiger partial charge in [0.1, 0.15) is 9.77 Å². The van der Waals surface area contributed by atoms with Gasteiger partial charge in [-0.2, -0.15) is 0 Å². The molecule has 1 heterocycles. The Morgan fingerprint density at radius 2 is 2.11 bits per heavy atom. The Bertz CT molecular complexity index is 548. The quantitative estimate of drug-likeness (QED) is 0.811. The molecule has 108 valence electrons. The number of carboxylic acids is 1. The fourth-order valence-electron chi connectivity index (χ4n) is 1.89. The molecule has 0 aliphatic carbocycles. The molecule has 1 rings (SSSR count). The number of aryl methyl sites for hydroxylation is 1. The van der Waals surface area contributed by atoms with Crippen molar-refractivity contribution in [2.24, 2.45) is 0 Å². The van der Waals surface area contributed by atoms with Crippen LogP contribution in [0.1, 0.15) is 48.3 Å². The third-order valence-electron chi connectivity index (χ3n) is 2.83. The summed E-state index contributed by atoms with van der Waals surface area (Å²) >= 11 is 0.940. The monoisotopic (exact) mass is 305 g/mol. The summed E-state index contributed by atoms with van der Waals surface area (Å²) in [5.74, 6) is -1.21. The maximum absolute atomic E-state index is 12.3. The van der Waals surface area contributed by atoms with Crippen LogP contribution in [0, 0.1) is 6.92 Å². The van der Waals surface area contributed by atoms with Gasteiger partial charge in [-0.05, 0) is 30.7 Å². The number of carbonyl (C=O) groups is 1. The molecule has 0 amide bonds. The first-order chi connectivity index (χ1) is 8.83. The van der Waals surface area contributed by atoms with Crippen molar-refractivity contribution in [2.45, 2.75) is 51.0 Å². The highest BCUT2D eigenvalue weighted by Gasteiger charge is 2.28. The van der Waals surface area contributed by atoms with E-state index in [0.29, 0.717) is 12.0 Å². The van der Waals surface area contributed by atoms with Crippen molar-refractivity contribution in [2.75, 3.05) is 0 Å². The molecule has 0 fully saturated rings. The Balaban J connectivity index is 3.13. The van der Waals surface area contributed by atoms with Crippen LogP contribution in [0.4, 0.5) is 0 Å². The first kappa shape index (κ1) is 16.1. The lowest BCUT2D eigenvalue weighted by Gasteiger charge is -2.16. The zero-order valence-electron chi connectivity index (χ0n) is 11.3. The molecule has 0 saturated heterocycles. The second-order valence-electron chi connectivity index (χ2n) is 4.40. The highest BCUT2D eigenvalue weighted by atomic mass is 32.2. The van der Waals surface area contributed by atoms with E-state index in [2.05, 4.69) is 4.72 Å². The van der Waals surface area contributed by atoms with Gasteiger partial charge >= 0.3 is 5.97 Å². The number of aromatic carboxylic acids is 1. The van der Waals surface area contributed by atoms with Crippen LogP contribution >= 0.6 is 11.3 Å². The van der Waals surface area contributed by atoms with E-state index in [-0.39, 0.29) is 15.8 Å². The Morgan fingerprint density at radius 3 is 2.58 bits per heavy atom. The molecule has 19 heavy (non-hydrogen) atoms. The lowest BCUT2D eigenvalue weighted by molar-refractivity contribution is 0.0698. The summed E-state index contributed by atoms with van der Waals surface area (Å²) in [4.78, 5) is 10.9. The van der Waals surface area contributed by atoms with Crippen LogP contribution in [0.15, 0.2) is 10.3 Å². The molecule has 0 radical (unpaired) electrons.